The van der Waals surface area contributed by atoms with Gasteiger partial charge in [0, 0.05) is 5.69 Å². The maximum absolute atomic E-state index is 5.71. The molecule has 0 aliphatic rings. The fraction of sp³-hybridized carbons (Fsp3) is 0.130. The molecule has 0 bridgehead atoms. The Kier molecular flexibility index (Phi) is 6.39. The Bertz CT molecular complexity index is 757. The highest BCUT2D eigenvalue weighted by Gasteiger charge is 1.98. The number of aryl methyl sites for hydroxylation is 1. The van der Waals surface area contributed by atoms with E-state index in [1.165, 1.54) is 27.8 Å². The van der Waals surface area contributed by atoms with E-state index in [-0.39, 0.29) is 0 Å². The highest BCUT2D eigenvalue weighted by Crippen LogP contribution is 2.19. The molecule has 0 aliphatic heterocycles. The van der Waals surface area contributed by atoms with Crippen LogP contribution >= 0.6 is 0 Å². The van der Waals surface area contributed by atoms with Crippen molar-refractivity contribution in [3.8, 4) is 0 Å². The first kappa shape index (κ1) is 17.6. The molecule has 0 saturated carbocycles. The topological polar surface area (TPSA) is 26.0 Å². The highest BCUT2D eigenvalue weighted by atomic mass is 14.5. The molecule has 122 valence electrons. The van der Waals surface area contributed by atoms with Gasteiger partial charge in [0.2, 0.25) is 0 Å². The number of benzene rings is 2. The van der Waals surface area contributed by atoms with Gasteiger partial charge >= 0.3 is 0 Å². The van der Waals surface area contributed by atoms with E-state index in [4.69, 9.17) is 5.73 Å². The van der Waals surface area contributed by atoms with Crippen molar-refractivity contribution in [1.82, 2.24) is 0 Å². The molecule has 2 aromatic carbocycles. The third kappa shape index (κ3) is 5.44. The molecule has 2 N–H and O–H groups in total. The number of hydrogen-bond acceptors (Lipinski definition) is 1. The summed E-state index contributed by atoms with van der Waals surface area (Å²) >= 11 is 0. The Labute approximate surface area is 145 Å². The van der Waals surface area contributed by atoms with Crippen molar-refractivity contribution in [2.45, 2.75) is 20.3 Å². The molecule has 0 spiro atoms. The van der Waals surface area contributed by atoms with Crippen molar-refractivity contribution in [3.63, 3.8) is 0 Å². The van der Waals surface area contributed by atoms with Crippen molar-refractivity contribution in [3.05, 3.63) is 108 Å². The SMILES string of the molecule is C=C\C=C(/C=C(C)/C=C\Cc1ccc(N)cc1)c1ccc(C)cc1. The summed E-state index contributed by atoms with van der Waals surface area (Å²) in [6.07, 6.45) is 11.3. The summed E-state index contributed by atoms with van der Waals surface area (Å²) < 4.78 is 0. The van der Waals surface area contributed by atoms with E-state index in [1.807, 2.05) is 24.3 Å². The van der Waals surface area contributed by atoms with Crippen molar-refractivity contribution < 1.29 is 0 Å². The lowest BCUT2D eigenvalue weighted by molar-refractivity contribution is 1.26. The molecule has 1 nitrogen and oxygen atoms in total. The van der Waals surface area contributed by atoms with Gasteiger partial charge in [0.25, 0.3) is 0 Å². The first-order valence-electron chi connectivity index (χ1n) is 8.17. The molecule has 0 unspecified atom stereocenters. The van der Waals surface area contributed by atoms with Gasteiger partial charge < -0.3 is 5.73 Å². The van der Waals surface area contributed by atoms with Gasteiger partial charge in [-0.1, -0.05) is 84.5 Å². The third-order valence-corrected chi connectivity index (χ3v) is 3.78. The average molecular weight is 315 g/mol. The number of allylic oxidation sites excluding steroid dienone is 7. The molecule has 1 heteroatoms. The van der Waals surface area contributed by atoms with Crippen molar-refractivity contribution in [2.75, 3.05) is 5.73 Å². The van der Waals surface area contributed by atoms with Crippen LogP contribution in [0.1, 0.15) is 23.6 Å². The number of anilines is 1. The van der Waals surface area contributed by atoms with Crippen molar-refractivity contribution in [2.24, 2.45) is 0 Å². The van der Waals surface area contributed by atoms with Gasteiger partial charge in [0.15, 0.2) is 0 Å². The number of nitrogen functional groups attached to an aromatic ring is 1. The Morgan fingerprint density at radius 3 is 2.33 bits per heavy atom. The first-order valence-corrected chi connectivity index (χ1v) is 8.17. The quantitative estimate of drug-likeness (QED) is 0.522. The largest absolute Gasteiger partial charge is 0.399 e. The first-order chi connectivity index (χ1) is 11.6. The van der Waals surface area contributed by atoms with E-state index >= 15 is 0 Å². The van der Waals surface area contributed by atoms with Gasteiger partial charge in [-0.2, -0.15) is 0 Å². The molecule has 0 heterocycles. The summed E-state index contributed by atoms with van der Waals surface area (Å²) in [5, 5.41) is 0. The number of rotatable bonds is 6. The minimum atomic E-state index is 0.802. The van der Waals surface area contributed by atoms with Crippen LogP contribution < -0.4 is 5.73 Å². The molecule has 2 rings (SSSR count). The second kappa shape index (κ2) is 8.73. The lowest BCUT2D eigenvalue weighted by Crippen LogP contribution is -1.86. The van der Waals surface area contributed by atoms with Gasteiger partial charge in [-0.15, -0.1) is 0 Å². The lowest BCUT2D eigenvalue weighted by atomic mass is 10.0. The maximum atomic E-state index is 5.71. The Balaban J connectivity index is 2.09. The molecule has 0 saturated heterocycles. The van der Waals surface area contributed by atoms with Crippen LogP contribution in [0.25, 0.3) is 5.57 Å². The van der Waals surface area contributed by atoms with E-state index in [9.17, 15) is 0 Å². The summed E-state index contributed by atoms with van der Waals surface area (Å²) in [5.74, 6) is 0. The predicted molar refractivity (Wildman–Crippen MR) is 107 cm³/mol. The summed E-state index contributed by atoms with van der Waals surface area (Å²) in [6.45, 7) is 8.04. The molecule has 24 heavy (non-hydrogen) atoms. The van der Waals surface area contributed by atoms with E-state index in [1.54, 1.807) is 0 Å². The lowest BCUT2D eigenvalue weighted by Gasteiger charge is -2.04. The van der Waals surface area contributed by atoms with E-state index in [0.717, 1.165) is 12.1 Å². The number of nitrogens with two attached hydrogens (primary N) is 1. The zero-order chi connectivity index (χ0) is 17.4. The molecular weight excluding hydrogens is 290 g/mol. The second-order valence-corrected chi connectivity index (χ2v) is 5.96. The fourth-order valence-electron chi connectivity index (χ4n) is 2.43. The summed E-state index contributed by atoms with van der Waals surface area (Å²) in [4.78, 5) is 0. The highest BCUT2D eigenvalue weighted by molar-refractivity contribution is 5.76. The van der Waals surface area contributed by atoms with E-state index in [2.05, 4.69) is 75.1 Å². The molecule has 2 aromatic rings. The normalized spacial score (nSPS) is 12.6. The minimum Gasteiger partial charge on any atom is -0.399 e. The minimum absolute atomic E-state index is 0.802. The number of hydrogen-bond donors (Lipinski definition) is 1. The van der Waals surface area contributed by atoms with Gasteiger partial charge in [-0.3, -0.25) is 0 Å². The van der Waals surface area contributed by atoms with Crippen LogP contribution in [-0.2, 0) is 6.42 Å². The zero-order valence-corrected chi connectivity index (χ0v) is 14.5. The van der Waals surface area contributed by atoms with Crippen LogP contribution in [0.5, 0.6) is 0 Å². The van der Waals surface area contributed by atoms with Gasteiger partial charge in [0.05, 0.1) is 0 Å². The Morgan fingerprint density at radius 2 is 1.71 bits per heavy atom. The third-order valence-electron chi connectivity index (χ3n) is 3.78. The standard InChI is InChI=1S/C23H25N/c1-4-6-22(21-13-9-18(2)10-14-21)17-19(3)7-5-8-20-11-15-23(24)16-12-20/h4-7,9-17H,1,8,24H2,2-3H3/b7-5-,19-17+,22-6+. The summed E-state index contributed by atoms with van der Waals surface area (Å²) in [6, 6.07) is 16.6. The van der Waals surface area contributed by atoms with Crippen LogP contribution in [0.4, 0.5) is 5.69 Å². The molecule has 0 aliphatic carbocycles. The zero-order valence-electron chi connectivity index (χ0n) is 14.5. The van der Waals surface area contributed by atoms with Crippen LogP contribution in [-0.4, -0.2) is 0 Å². The Hall–Kier alpha value is -2.80. The van der Waals surface area contributed by atoms with Crippen LogP contribution in [0, 0.1) is 6.92 Å². The monoisotopic (exact) mass is 315 g/mol. The smallest absolute Gasteiger partial charge is 0.0314 e. The molecule has 0 atom stereocenters. The van der Waals surface area contributed by atoms with Crippen LogP contribution in [0.15, 0.2) is 91.1 Å². The van der Waals surface area contributed by atoms with Crippen molar-refractivity contribution >= 4 is 11.3 Å². The van der Waals surface area contributed by atoms with Crippen molar-refractivity contribution in [1.29, 1.82) is 0 Å². The van der Waals surface area contributed by atoms with Crippen LogP contribution in [0.2, 0.25) is 0 Å². The molecule has 0 aromatic heterocycles. The van der Waals surface area contributed by atoms with E-state index in [0.29, 0.717) is 0 Å². The summed E-state index contributed by atoms with van der Waals surface area (Å²) in [7, 11) is 0. The van der Waals surface area contributed by atoms with Gasteiger partial charge in [0.1, 0.15) is 0 Å². The van der Waals surface area contributed by atoms with Gasteiger partial charge in [-0.05, 0) is 49.1 Å². The molecule has 0 amide bonds. The fourth-order valence-corrected chi connectivity index (χ4v) is 2.43. The molecule has 0 radical (unpaired) electrons. The molecular formula is C23H25N. The maximum Gasteiger partial charge on any atom is 0.0314 e. The van der Waals surface area contributed by atoms with E-state index < -0.39 is 0 Å². The predicted octanol–water partition coefficient (Wildman–Crippen LogP) is 5.89. The Morgan fingerprint density at radius 1 is 1.04 bits per heavy atom. The van der Waals surface area contributed by atoms with Crippen LogP contribution in [0.3, 0.4) is 0 Å². The molecule has 0 fully saturated rings. The summed E-state index contributed by atoms with van der Waals surface area (Å²) in [5.41, 5.74) is 12.6. The second-order valence-electron chi connectivity index (χ2n) is 5.96. The average Bonchev–Trinajstić information content (AvgIpc) is 2.57. The van der Waals surface area contributed by atoms with Gasteiger partial charge in [-0.25, -0.2) is 0 Å².